The third kappa shape index (κ3) is 4.54. The van der Waals surface area contributed by atoms with Crippen molar-refractivity contribution in [3.63, 3.8) is 0 Å². The number of carbonyl (C=O) groups excluding carboxylic acids is 1. The van der Waals surface area contributed by atoms with Gasteiger partial charge in [0.05, 0.1) is 28.0 Å². The molecule has 0 aliphatic heterocycles. The molecule has 1 N–H and O–H groups in total. The molecule has 0 saturated heterocycles. The fourth-order valence-electron chi connectivity index (χ4n) is 3.51. The van der Waals surface area contributed by atoms with E-state index in [1.165, 1.54) is 16.3 Å². The molecule has 170 valence electrons. The average Bonchev–Trinajstić information content (AvgIpc) is 3.25. The molecule has 2 aromatic heterocycles. The first-order valence-corrected chi connectivity index (χ1v) is 11.8. The minimum Gasteiger partial charge on any atom is -0.310 e. The van der Waals surface area contributed by atoms with Gasteiger partial charge in [0.15, 0.2) is 5.16 Å². The largest absolute Gasteiger partial charge is 0.310 e. The molecule has 2 heterocycles. The maximum absolute atomic E-state index is 13.5. The number of carbonyl (C=O) groups is 1. The van der Waals surface area contributed by atoms with Crippen molar-refractivity contribution in [3.8, 4) is 5.69 Å². The number of hydrogen-bond acceptors (Lipinski definition) is 5. The molecule has 9 heteroatoms. The van der Waals surface area contributed by atoms with Crippen LogP contribution >= 0.6 is 23.4 Å². The number of fused-ring (bicyclic) bond motifs is 1. The van der Waals surface area contributed by atoms with Crippen LogP contribution in [0.5, 0.6) is 0 Å². The Morgan fingerprint density at radius 2 is 1.85 bits per heavy atom. The Balaban J connectivity index is 1.75. The third-order valence-corrected chi connectivity index (χ3v) is 6.75. The molecule has 7 nitrogen and oxygen atoms in total. The Hall–Kier alpha value is -3.10. The fraction of sp³-hybridized carbons (Fsp3) is 0.250. The molecule has 1 atom stereocenters. The quantitative estimate of drug-likeness (QED) is 0.300. The van der Waals surface area contributed by atoms with Gasteiger partial charge >= 0.3 is 0 Å². The van der Waals surface area contributed by atoms with E-state index in [2.05, 4.69) is 10.4 Å². The summed E-state index contributed by atoms with van der Waals surface area (Å²) in [5.74, 6) is 0.413. The van der Waals surface area contributed by atoms with Crippen LogP contribution in [-0.2, 0) is 4.79 Å². The van der Waals surface area contributed by atoms with E-state index in [-0.39, 0.29) is 17.5 Å². The van der Waals surface area contributed by atoms with Gasteiger partial charge in [-0.1, -0.05) is 41.6 Å². The SMILES string of the molecule is Cc1c(Cl)cccc1-n1c(SC(C)C(=O)Nc2ccnn2C(C)C)nc2ccccc2c1=O. The van der Waals surface area contributed by atoms with Crippen LogP contribution in [-0.4, -0.2) is 30.5 Å². The number of thioether (sulfide) groups is 1. The summed E-state index contributed by atoms with van der Waals surface area (Å²) >= 11 is 7.57. The molecule has 4 aromatic rings. The number of benzene rings is 2. The molecule has 0 spiro atoms. The van der Waals surface area contributed by atoms with E-state index in [4.69, 9.17) is 16.6 Å². The first kappa shape index (κ1) is 23.1. The topological polar surface area (TPSA) is 81.8 Å². The summed E-state index contributed by atoms with van der Waals surface area (Å²) in [6.07, 6.45) is 1.65. The molecule has 0 bridgehead atoms. The number of halogens is 1. The van der Waals surface area contributed by atoms with Gasteiger partial charge in [-0.15, -0.1) is 0 Å². The molecule has 0 saturated carbocycles. The van der Waals surface area contributed by atoms with Gasteiger partial charge in [-0.2, -0.15) is 5.10 Å². The maximum atomic E-state index is 13.5. The summed E-state index contributed by atoms with van der Waals surface area (Å²) < 4.78 is 3.28. The number of aromatic nitrogens is 4. The van der Waals surface area contributed by atoms with Crippen molar-refractivity contribution in [1.29, 1.82) is 0 Å². The van der Waals surface area contributed by atoms with Crippen LogP contribution in [0.15, 0.2) is 64.7 Å². The molecule has 0 aliphatic rings. The van der Waals surface area contributed by atoms with Gasteiger partial charge in [-0.3, -0.25) is 14.2 Å². The Labute approximate surface area is 200 Å². The summed E-state index contributed by atoms with van der Waals surface area (Å²) in [5, 5.41) is 8.13. The summed E-state index contributed by atoms with van der Waals surface area (Å²) in [5.41, 5.74) is 1.77. The van der Waals surface area contributed by atoms with Crippen molar-refractivity contribution >= 4 is 46.0 Å². The Morgan fingerprint density at radius 1 is 1.09 bits per heavy atom. The van der Waals surface area contributed by atoms with Gasteiger partial charge in [0, 0.05) is 17.1 Å². The summed E-state index contributed by atoms with van der Waals surface area (Å²) in [4.78, 5) is 31.2. The highest BCUT2D eigenvalue weighted by Gasteiger charge is 2.22. The number of nitrogens with zero attached hydrogens (tertiary/aromatic N) is 4. The normalized spacial score (nSPS) is 12.3. The number of nitrogens with one attached hydrogen (secondary N) is 1. The predicted molar refractivity (Wildman–Crippen MR) is 134 cm³/mol. The number of anilines is 1. The van der Waals surface area contributed by atoms with Gasteiger partial charge in [-0.25, -0.2) is 9.67 Å². The molecule has 33 heavy (non-hydrogen) atoms. The van der Waals surface area contributed by atoms with Crippen LogP contribution in [0.4, 0.5) is 5.82 Å². The van der Waals surface area contributed by atoms with E-state index in [0.717, 1.165) is 5.56 Å². The third-order valence-electron chi connectivity index (χ3n) is 5.29. The van der Waals surface area contributed by atoms with Crippen molar-refractivity contribution in [2.75, 3.05) is 5.32 Å². The minimum atomic E-state index is -0.528. The molecule has 0 aliphatic carbocycles. The van der Waals surface area contributed by atoms with Crippen molar-refractivity contribution < 1.29 is 4.79 Å². The van der Waals surface area contributed by atoms with Crippen LogP contribution in [0.3, 0.4) is 0 Å². The van der Waals surface area contributed by atoms with Crippen molar-refractivity contribution in [2.24, 2.45) is 0 Å². The van der Waals surface area contributed by atoms with E-state index >= 15 is 0 Å². The van der Waals surface area contributed by atoms with Crippen molar-refractivity contribution in [3.05, 3.63) is 75.7 Å². The fourth-order valence-corrected chi connectivity index (χ4v) is 4.60. The first-order chi connectivity index (χ1) is 15.8. The lowest BCUT2D eigenvalue weighted by molar-refractivity contribution is -0.115. The maximum Gasteiger partial charge on any atom is 0.266 e. The zero-order valence-corrected chi connectivity index (χ0v) is 20.3. The highest BCUT2D eigenvalue weighted by molar-refractivity contribution is 8.00. The van der Waals surface area contributed by atoms with Crippen LogP contribution < -0.4 is 10.9 Å². The molecule has 1 amide bonds. The van der Waals surface area contributed by atoms with E-state index in [1.807, 2.05) is 32.9 Å². The molecular weight excluding hydrogens is 458 g/mol. The summed E-state index contributed by atoms with van der Waals surface area (Å²) in [6.45, 7) is 7.63. The average molecular weight is 482 g/mol. The van der Waals surface area contributed by atoms with E-state index < -0.39 is 5.25 Å². The molecule has 1 unspecified atom stereocenters. The summed E-state index contributed by atoms with van der Waals surface area (Å²) in [7, 11) is 0. The number of para-hydroxylation sites is 1. The van der Waals surface area contributed by atoms with E-state index in [9.17, 15) is 9.59 Å². The van der Waals surface area contributed by atoms with Crippen LogP contribution in [0, 0.1) is 6.92 Å². The van der Waals surface area contributed by atoms with Gasteiger partial charge in [0.1, 0.15) is 5.82 Å². The number of hydrogen-bond donors (Lipinski definition) is 1. The van der Waals surface area contributed by atoms with E-state index in [0.29, 0.717) is 32.6 Å². The lowest BCUT2D eigenvalue weighted by Gasteiger charge is -2.18. The monoisotopic (exact) mass is 481 g/mol. The standard InChI is InChI=1S/C24H24ClN5O2S/c1-14(2)30-21(12-13-26-30)28-22(31)16(4)33-24-27-19-10-6-5-8-17(19)23(32)29(24)20-11-7-9-18(25)15(20)3/h5-14,16H,1-4H3,(H,28,31). The van der Waals surface area contributed by atoms with Crippen molar-refractivity contribution in [2.45, 2.75) is 44.1 Å². The van der Waals surface area contributed by atoms with Gasteiger partial charge < -0.3 is 5.32 Å². The van der Waals surface area contributed by atoms with Gasteiger partial charge in [0.2, 0.25) is 5.91 Å². The zero-order chi connectivity index (χ0) is 23.7. The lowest BCUT2D eigenvalue weighted by atomic mass is 10.2. The molecule has 0 fully saturated rings. The minimum absolute atomic E-state index is 0.108. The van der Waals surface area contributed by atoms with Crippen molar-refractivity contribution in [1.82, 2.24) is 19.3 Å². The van der Waals surface area contributed by atoms with Gasteiger partial charge in [0.25, 0.3) is 5.56 Å². The first-order valence-electron chi connectivity index (χ1n) is 10.6. The lowest BCUT2D eigenvalue weighted by Crippen LogP contribution is -2.27. The Kier molecular flexibility index (Phi) is 6.58. The second-order valence-corrected chi connectivity index (χ2v) is 9.66. The molecular formula is C24H24ClN5O2S. The zero-order valence-electron chi connectivity index (χ0n) is 18.7. The van der Waals surface area contributed by atoms with Gasteiger partial charge in [-0.05, 0) is 57.5 Å². The highest BCUT2D eigenvalue weighted by atomic mass is 35.5. The Bertz CT molecular complexity index is 1400. The van der Waals surface area contributed by atoms with Crippen LogP contribution in [0.25, 0.3) is 16.6 Å². The smallest absolute Gasteiger partial charge is 0.266 e. The van der Waals surface area contributed by atoms with Crippen LogP contribution in [0.1, 0.15) is 32.4 Å². The van der Waals surface area contributed by atoms with E-state index in [1.54, 1.807) is 54.2 Å². The second-order valence-electron chi connectivity index (χ2n) is 7.94. The molecule has 2 aromatic carbocycles. The molecule has 0 radical (unpaired) electrons. The second kappa shape index (κ2) is 9.41. The molecule has 4 rings (SSSR count). The predicted octanol–water partition coefficient (Wildman–Crippen LogP) is 5.24. The Morgan fingerprint density at radius 3 is 2.61 bits per heavy atom. The van der Waals surface area contributed by atoms with Crippen LogP contribution in [0.2, 0.25) is 5.02 Å². The number of amides is 1. The number of rotatable bonds is 6. The highest BCUT2D eigenvalue weighted by Crippen LogP contribution is 2.29. The summed E-state index contributed by atoms with van der Waals surface area (Å²) in [6, 6.07) is 14.5.